The van der Waals surface area contributed by atoms with Gasteiger partial charge in [0.25, 0.3) is 0 Å². The molecule has 0 radical (unpaired) electrons. The van der Waals surface area contributed by atoms with Gasteiger partial charge in [0.15, 0.2) is 0 Å². The molecule has 0 aliphatic carbocycles. The molecule has 1 atom stereocenters. The monoisotopic (exact) mass is 248 g/mol. The summed E-state index contributed by atoms with van der Waals surface area (Å²) < 4.78 is 0. The van der Waals surface area contributed by atoms with Crippen molar-refractivity contribution in [2.45, 2.75) is 26.8 Å². The standard InChI is InChI=1S/C15H24N2O/c1-11-8-12(2)15(13(3)9-11)14(10-18)17-6-4-16-5-7-17/h8-9,14,16,18H,4-7,10H2,1-3H3. The van der Waals surface area contributed by atoms with Gasteiger partial charge in [0.05, 0.1) is 12.6 Å². The number of benzene rings is 1. The second-order valence-electron chi connectivity index (χ2n) is 5.30. The van der Waals surface area contributed by atoms with Gasteiger partial charge in [0.1, 0.15) is 0 Å². The zero-order valence-corrected chi connectivity index (χ0v) is 11.7. The Morgan fingerprint density at radius 2 is 1.72 bits per heavy atom. The summed E-state index contributed by atoms with van der Waals surface area (Å²) in [5.41, 5.74) is 5.20. The molecule has 0 spiro atoms. The van der Waals surface area contributed by atoms with E-state index in [9.17, 15) is 5.11 Å². The van der Waals surface area contributed by atoms with Crippen LogP contribution in [0.25, 0.3) is 0 Å². The smallest absolute Gasteiger partial charge is 0.0628 e. The molecule has 0 aromatic heterocycles. The third kappa shape index (κ3) is 2.74. The SMILES string of the molecule is Cc1cc(C)c(C(CO)N2CCNCC2)c(C)c1. The van der Waals surface area contributed by atoms with Crippen LogP contribution in [0.5, 0.6) is 0 Å². The lowest BCUT2D eigenvalue weighted by Gasteiger charge is -2.35. The Bertz CT molecular complexity index is 388. The van der Waals surface area contributed by atoms with E-state index in [4.69, 9.17) is 0 Å². The first-order valence-corrected chi connectivity index (χ1v) is 6.77. The molecule has 2 rings (SSSR count). The van der Waals surface area contributed by atoms with Gasteiger partial charge in [-0.3, -0.25) is 4.90 Å². The zero-order chi connectivity index (χ0) is 13.1. The van der Waals surface area contributed by atoms with Crippen LogP contribution in [0.4, 0.5) is 0 Å². The number of nitrogens with one attached hydrogen (secondary N) is 1. The minimum Gasteiger partial charge on any atom is -0.394 e. The van der Waals surface area contributed by atoms with E-state index in [2.05, 4.69) is 43.1 Å². The Morgan fingerprint density at radius 3 is 2.22 bits per heavy atom. The largest absolute Gasteiger partial charge is 0.394 e. The third-order valence-electron chi connectivity index (χ3n) is 3.84. The molecule has 1 aromatic carbocycles. The Balaban J connectivity index is 2.32. The lowest BCUT2D eigenvalue weighted by molar-refractivity contribution is 0.110. The Morgan fingerprint density at radius 1 is 1.17 bits per heavy atom. The van der Waals surface area contributed by atoms with Gasteiger partial charge in [0.2, 0.25) is 0 Å². The summed E-state index contributed by atoms with van der Waals surface area (Å²) in [6, 6.07) is 4.58. The van der Waals surface area contributed by atoms with E-state index in [-0.39, 0.29) is 12.6 Å². The van der Waals surface area contributed by atoms with E-state index in [1.54, 1.807) is 0 Å². The van der Waals surface area contributed by atoms with Gasteiger partial charge in [-0.2, -0.15) is 0 Å². The lowest BCUT2D eigenvalue weighted by atomic mass is 9.93. The molecule has 1 unspecified atom stereocenters. The normalized spacial score (nSPS) is 18.9. The summed E-state index contributed by atoms with van der Waals surface area (Å²) in [6.45, 7) is 10.7. The van der Waals surface area contributed by atoms with Crippen LogP contribution in [0.2, 0.25) is 0 Å². The van der Waals surface area contributed by atoms with Gasteiger partial charge in [-0.05, 0) is 37.5 Å². The molecule has 1 heterocycles. The molecular formula is C15H24N2O. The van der Waals surface area contributed by atoms with Crippen molar-refractivity contribution in [2.24, 2.45) is 0 Å². The van der Waals surface area contributed by atoms with E-state index in [0.717, 1.165) is 26.2 Å². The van der Waals surface area contributed by atoms with Gasteiger partial charge in [-0.15, -0.1) is 0 Å². The maximum atomic E-state index is 9.79. The Hall–Kier alpha value is -0.900. The minimum atomic E-state index is 0.146. The van der Waals surface area contributed by atoms with Crippen molar-refractivity contribution in [3.05, 3.63) is 34.4 Å². The number of rotatable bonds is 3. The van der Waals surface area contributed by atoms with Crippen LogP contribution in [-0.4, -0.2) is 42.8 Å². The van der Waals surface area contributed by atoms with Crippen molar-refractivity contribution in [1.82, 2.24) is 10.2 Å². The van der Waals surface area contributed by atoms with E-state index in [1.807, 2.05) is 0 Å². The van der Waals surface area contributed by atoms with E-state index in [0.29, 0.717) is 0 Å². The first kappa shape index (κ1) is 13.5. The third-order valence-corrected chi connectivity index (χ3v) is 3.84. The number of aliphatic hydroxyl groups excluding tert-OH is 1. The molecule has 3 heteroatoms. The van der Waals surface area contributed by atoms with Crippen LogP contribution in [0.3, 0.4) is 0 Å². The summed E-state index contributed by atoms with van der Waals surface area (Å²) in [5.74, 6) is 0. The van der Waals surface area contributed by atoms with Crippen LogP contribution in [0, 0.1) is 20.8 Å². The Labute approximate surface area is 110 Å². The second kappa shape index (κ2) is 5.83. The van der Waals surface area contributed by atoms with Gasteiger partial charge in [0, 0.05) is 26.2 Å². The van der Waals surface area contributed by atoms with Crippen LogP contribution in [0.15, 0.2) is 12.1 Å². The number of aryl methyl sites for hydroxylation is 3. The summed E-state index contributed by atoms with van der Waals surface area (Å²) in [7, 11) is 0. The van der Waals surface area contributed by atoms with Gasteiger partial charge < -0.3 is 10.4 Å². The topological polar surface area (TPSA) is 35.5 Å². The Kier molecular flexibility index (Phi) is 4.38. The van der Waals surface area contributed by atoms with Crippen LogP contribution >= 0.6 is 0 Å². The minimum absolute atomic E-state index is 0.146. The maximum absolute atomic E-state index is 9.79. The highest BCUT2D eigenvalue weighted by molar-refractivity contribution is 5.39. The second-order valence-corrected chi connectivity index (χ2v) is 5.30. The summed E-state index contributed by atoms with van der Waals surface area (Å²) in [4.78, 5) is 2.39. The molecule has 0 amide bonds. The molecule has 1 saturated heterocycles. The first-order valence-electron chi connectivity index (χ1n) is 6.77. The molecule has 100 valence electrons. The number of aliphatic hydroxyl groups is 1. The maximum Gasteiger partial charge on any atom is 0.0628 e. The van der Waals surface area contributed by atoms with E-state index in [1.165, 1.54) is 22.3 Å². The number of hydrogen-bond donors (Lipinski definition) is 2. The summed E-state index contributed by atoms with van der Waals surface area (Å²) >= 11 is 0. The molecule has 0 bridgehead atoms. The van der Waals surface area contributed by atoms with E-state index < -0.39 is 0 Å². The quantitative estimate of drug-likeness (QED) is 0.852. The van der Waals surface area contributed by atoms with Crippen LogP contribution < -0.4 is 5.32 Å². The predicted octanol–water partition coefficient (Wildman–Crippen LogP) is 1.55. The predicted molar refractivity (Wildman–Crippen MR) is 74.9 cm³/mol. The average Bonchev–Trinajstić information content (AvgIpc) is 2.34. The molecule has 18 heavy (non-hydrogen) atoms. The van der Waals surface area contributed by atoms with Crippen molar-refractivity contribution in [1.29, 1.82) is 0 Å². The molecule has 1 fully saturated rings. The van der Waals surface area contributed by atoms with Crippen LogP contribution in [0.1, 0.15) is 28.3 Å². The van der Waals surface area contributed by atoms with Crippen molar-refractivity contribution in [2.75, 3.05) is 32.8 Å². The van der Waals surface area contributed by atoms with E-state index >= 15 is 0 Å². The lowest BCUT2D eigenvalue weighted by Crippen LogP contribution is -2.46. The van der Waals surface area contributed by atoms with Crippen LogP contribution in [-0.2, 0) is 0 Å². The van der Waals surface area contributed by atoms with Gasteiger partial charge in [-0.1, -0.05) is 17.7 Å². The van der Waals surface area contributed by atoms with Crippen molar-refractivity contribution < 1.29 is 5.11 Å². The first-order chi connectivity index (χ1) is 8.63. The highest BCUT2D eigenvalue weighted by atomic mass is 16.3. The molecule has 0 saturated carbocycles. The molecule has 3 nitrogen and oxygen atoms in total. The molecular weight excluding hydrogens is 224 g/mol. The molecule has 2 N–H and O–H groups in total. The molecule has 1 aliphatic rings. The summed E-state index contributed by atoms with van der Waals surface area (Å²) in [6.07, 6.45) is 0. The van der Waals surface area contributed by atoms with Crippen molar-refractivity contribution >= 4 is 0 Å². The van der Waals surface area contributed by atoms with Crippen molar-refractivity contribution in [3.63, 3.8) is 0 Å². The highest BCUT2D eigenvalue weighted by Crippen LogP contribution is 2.28. The van der Waals surface area contributed by atoms with Crippen molar-refractivity contribution in [3.8, 4) is 0 Å². The average molecular weight is 248 g/mol. The fourth-order valence-electron chi connectivity index (χ4n) is 3.10. The summed E-state index contributed by atoms with van der Waals surface area (Å²) in [5, 5.41) is 13.1. The zero-order valence-electron chi connectivity index (χ0n) is 11.7. The highest BCUT2D eigenvalue weighted by Gasteiger charge is 2.24. The number of hydrogen-bond acceptors (Lipinski definition) is 3. The molecule has 1 aromatic rings. The number of nitrogens with zero attached hydrogens (tertiary/aromatic N) is 1. The fraction of sp³-hybridized carbons (Fsp3) is 0.600. The van der Waals surface area contributed by atoms with Gasteiger partial charge in [-0.25, -0.2) is 0 Å². The number of piperazine rings is 1. The molecule has 1 aliphatic heterocycles. The fourth-order valence-corrected chi connectivity index (χ4v) is 3.10. The van der Waals surface area contributed by atoms with Gasteiger partial charge >= 0.3 is 0 Å².